The summed E-state index contributed by atoms with van der Waals surface area (Å²) >= 11 is 0. The van der Waals surface area contributed by atoms with E-state index < -0.39 is 0 Å². The van der Waals surface area contributed by atoms with Crippen molar-refractivity contribution in [2.75, 3.05) is 51.6 Å². The monoisotopic (exact) mass is 541 g/mol. The standard InChI is InChI=1S/C32H43N7O/c1-5-15-39(6-2)16-7-13-34-32(40)31-20-24-19-23(8-9-30(24)38(31)4)28-21-29(26-22-33-14-10-27(26)36-28)35-25-11-17-37(3)18-12-25/h8-10,14,19-22,25H,5-7,11-13,15-18H2,1-4H3,(H,34,40)(H,35,36). The average molecular weight is 542 g/mol. The summed E-state index contributed by atoms with van der Waals surface area (Å²) in [6, 6.07) is 12.9. The van der Waals surface area contributed by atoms with Crippen LogP contribution < -0.4 is 10.6 Å². The van der Waals surface area contributed by atoms with Gasteiger partial charge in [0.25, 0.3) is 5.91 Å². The molecule has 1 aromatic carbocycles. The highest BCUT2D eigenvalue weighted by Gasteiger charge is 2.19. The van der Waals surface area contributed by atoms with Crippen molar-refractivity contribution >= 4 is 33.4 Å². The lowest BCUT2D eigenvalue weighted by atomic mass is 10.0. The van der Waals surface area contributed by atoms with Crippen molar-refractivity contribution in [1.29, 1.82) is 0 Å². The largest absolute Gasteiger partial charge is 0.382 e. The molecule has 8 nitrogen and oxygen atoms in total. The van der Waals surface area contributed by atoms with Gasteiger partial charge in [0.2, 0.25) is 0 Å². The molecule has 1 aliphatic heterocycles. The number of aryl methyl sites for hydroxylation is 1. The summed E-state index contributed by atoms with van der Waals surface area (Å²) in [5.41, 5.74) is 5.66. The van der Waals surface area contributed by atoms with E-state index in [9.17, 15) is 4.79 Å². The van der Waals surface area contributed by atoms with E-state index in [0.717, 1.165) is 97.2 Å². The van der Waals surface area contributed by atoms with Crippen LogP contribution in [0.4, 0.5) is 5.69 Å². The van der Waals surface area contributed by atoms with Crippen molar-refractivity contribution in [2.45, 2.75) is 45.6 Å². The first-order valence-corrected chi connectivity index (χ1v) is 14.8. The van der Waals surface area contributed by atoms with Crippen molar-refractivity contribution in [3.05, 3.63) is 54.5 Å². The number of carbonyl (C=O) groups is 1. The summed E-state index contributed by atoms with van der Waals surface area (Å²) in [4.78, 5) is 27.2. The lowest BCUT2D eigenvalue weighted by Crippen LogP contribution is -2.36. The number of hydrogen-bond acceptors (Lipinski definition) is 6. The first-order chi connectivity index (χ1) is 19.5. The van der Waals surface area contributed by atoms with E-state index in [0.29, 0.717) is 18.3 Å². The molecule has 1 saturated heterocycles. The predicted molar refractivity (Wildman–Crippen MR) is 165 cm³/mol. The van der Waals surface area contributed by atoms with Crippen molar-refractivity contribution in [3.63, 3.8) is 0 Å². The van der Waals surface area contributed by atoms with Gasteiger partial charge in [0.1, 0.15) is 5.69 Å². The molecule has 0 saturated carbocycles. The molecule has 0 atom stereocenters. The molecule has 1 aliphatic rings. The van der Waals surface area contributed by atoms with Gasteiger partial charge >= 0.3 is 0 Å². The molecule has 4 aromatic rings. The van der Waals surface area contributed by atoms with Crippen molar-refractivity contribution in [1.82, 2.24) is 29.7 Å². The molecule has 0 spiro atoms. The summed E-state index contributed by atoms with van der Waals surface area (Å²) in [7, 11) is 4.14. The van der Waals surface area contributed by atoms with E-state index in [4.69, 9.17) is 4.98 Å². The SMILES string of the molecule is CCCN(CC)CCCNC(=O)c1cc2cc(-c3cc(NC4CCN(C)CC4)c4cnccc4n3)ccc2n1C. The number of piperidine rings is 1. The second kappa shape index (κ2) is 12.8. The predicted octanol–water partition coefficient (Wildman–Crippen LogP) is 5.15. The second-order valence-electron chi connectivity index (χ2n) is 11.1. The van der Waals surface area contributed by atoms with Crippen LogP contribution in [0.2, 0.25) is 0 Å². The maximum absolute atomic E-state index is 13.1. The van der Waals surface area contributed by atoms with Gasteiger partial charge in [0, 0.05) is 59.6 Å². The first-order valence-electron chi connectivity index (χ1n) is 14.8. The minimum atomic E-state index is -0.0280. The number of nitrogens with zero attached hydrogens (tertiary/aromatic N) is 5. The Hall–Kier alpha value is -3.49. The van der Waals surface area contributed by atoms with Crippen molar-refractivity contribution < 1.29 is 4.79 Å². The van der Waals surface area contributed by atoms with Gasteiger partial charge in [-0.25, -0.2) is 4.98 Å². The Kier molecular flexibility index (Phi) is 8.97. The Morgan fingerprint density at radius 3 is 2.67 bits per heavy atom. The smallest absolute Gasteiger partial charge is 0.267 e. The number of aromatic nitrogens is 3. The topological polar surface area (TPSA) is 78.3 Å². The average Bonchev–Trinajstić information content (AvgIpc) is 3.31. The highest BCUT2D eigenvalue weighted by atomic mass is 16.1. The number of benzene rings is 1. The maximum Gasteiger partial charge on any atom is 0.267 e. The van der Waals surface area contributed by atoms with Gasteiger partial charge in [-0.3, -0.25) is 9.78 Å². The highest BCUT2D eigenvalue weighted by molar-refractivity contribution is 6.00. The highest BCUT2D eigenvalue weighted by Crippen LogP contribution is 2.31. The van der Waals surface area contributed by atoms with Gasteiger partial charge in [-0.15, -0.1) is 0 Å². The third kappa shape index (κ3) is 6.29. The molecular weight excluding hydrogens is 498 g/mol. The van der Waals surface area contributed by atoms with Crippen LogP contribution in [0.15, 0.2) is 48.8 Å². The second-order valence-corrected chi connectivity index (χ2v) is 11.1. The number of nitrogens with one attached hydrogen (secondary N) is 2. The zero-order valence-corrected chi connectivity index (χ0v) is 24.4. The molecule has 3 aromatic heterocycles. The van der Waals surface area contributed by atoms with Gasteiger partial charge in [-0.05, 0) is 95.8 Å². The van der Waals surface area contributed by atoms with Crippen LogP contribution in [-0.2, 0) is 7.05 Å². The van der Waals surface area contributed by atoms with Crippen LogP contribution in [0.5, 0.6) is 0 Å². The number of rotatable bonds is 11. The third-order valence-electron chi connectivity index (χ3n) is 8.18. The molecule has 0 aliphatic carbocycles. The fourth-order valence-electron chi connectivity index (χ4n) is 5.77. The first kappa shape index (κ1) is 28.1. The molecule has 5 rings (SSSR count). The molecule has 1 fully saturated rings. The Balaban J connectivity index is 1.35. The molecule has 1 amide bonds. The number of amides is 1. The molecule has 2 N–H and O–H groups in total. The van der Waals surface area contributed by atoms with E-state index in [2.05, 4.69) is 70.6 Å². The zero-order valence-electron chi connectivity index (χ0n) is 24.4. The van der Waals surface area contributed by atoms with Crippen molar-refractivity contribution in [2.24, 2.45) is 7.05 Å². The normalized spacial score (nSPS) is 14.8. The van der Waals surface area contributed by atoms with Crippen LogP contribution in [0.3, 0.4) is 0 Å². The van der Waals surface area contributed by atoms with Crippen LogP contribution >= 0.6 is 0 Å². The number of anilines is 1. The van der Waals surface area contributed by atoms with Crippen LogP contribution in [-0.4, -0.2) is 82.6 Å². The van der Waals surface area contributed by atoms with E-state index in [-0.39, 0.29) is 5.91 Å². The van der Waals surface area contributed by atoms with Gasteiger partial charge in [-0.1, -0.05) is 19.9 Å². The molecular formula is C32H43N7O. The fourth-order valence-corrected chi connectivity index (χ4v) is 5.77. The molecule has 0 bridgehead atoms. The van der Waals surface area contributed by atoms with Crippen molar-refractivity contribution in [3.8, 4) is 11.3 Å². The maximum atomic E-state index is 13.1. The third-order valence-corrected chi connectivity index (χ3v) is 8.18. The number of hydrogen-bond donors (Lipinski definition) is 2. The molecule has 4 heterocycles. The lowest BCUT2D eigenvalue weighted by molar-refractivity contribution is 0.0944. The number of fused-ring (bicyclic) bond motifs is 2. The zero-order chi connectivity index (χ0) is 28.1. The number of pyridine rings is 2. The van der Waals surface area contributed by atoms with Gasteiger partial charge in [-0.2, -0.15) is 0 Å². The van der Waals surface area contributed by atoms with Crippen LogP contribution in [0, 0.1) is 0 Å². The van der Waals surface area contributed by atoms with Gasteiger partial charge < -0.3 is 25.0 Å². The Labute approximate surface area is 237 Å². The summed E-state index contributed by atoms with van der Waals surface area (Å²) in [5.74, 6) is -0.0280. The molecule has 212 valence electrons. The van der Waals surface area contributed by atoms with Gasteiger partial charge in [0.15, 0.2) is 0 Å². The number of likely N-dealkylation sites (tertiary alicyclic amines) is 1. The van der Waals surface area contributed by atoms with E-state index in [1.54, 1.807) is 6.20 Å². The van der Waals surface area contributed by atoms with E-state index in [1.165, 1.54) is 0 Å². The number of carbonyl (C=O) groups excluding carboxylic acids is 1. The lowest BCUT2D eigenvalue weighted by Gasteiger charge is -2.30. The molecule has 8 heteroatoms. The molecule has 40 heavy (non-hydrogen) atoms. The van der Waals surface area contributed by atoms with E-state index in [1.807, 2.05) is 29.9 Å². The van der Waals surface area contributed by atoms with Gasteiger partial charge in [0.05, 0.1) is 11.2 Å². The minimum Gasteiger partial charge on any atom is -0.382 e. The minimum absolute atomic E-state index is 0.0280. The summed E-state index contributed by atoms with van der Waals surface area (Å²) < 4.78 is 1.98. The Morgan fingerprint density at radius 1 is 1.07 bits per heavy atom. The van der Waals surface area contributed by atoms with Crippen LogP contribution in [0.1, 0.15) is 50.0 Å². The summed E-state index contributed by atoms with van der Waals surface area (Å²) in [5, 5.41) is 8.99. The summed E-state index contributed by atoms with van der Waals surface area (Å²) in [6.45, 7) is 10.4. The Morgan fingerprint density at radius 2 is 1.90 bits per heavy atom. The molecule has 0 unspecified atom stereocenters. The van der Waals surface area contributed by atoms with E-state index >= 15 is 0 Å². The molecule has 0 radical (unpaired) electrons. The Bertz CT molecular complexity index is 1450. The van der Waals surface area contributed by atoms with Crippen LogP contribution in [0.25, 0.3) is 33.1 Å². The summed E-state index contributed by atoms with van der Waals surface area (Å²) in [6.07, 6.45) is 8.04. The quantitative estimate of drug-likeness (QED) is 0.256. The fraction of sp³-hybridized carbons (Fsp3) is 0.469.